The van der Waals surface area contributed by atoms with Gasteiger partial charge in [0, 0.05) is 47.7 Å². The van der Waals surface area contributed by atoms with Crippen molar-refractivity contribution in [1.82, 2.24) is 24.7 Å². The quantitative estimate of drug-likeness (QED) is 0.404. The first-order valence-electron chi connectivity index (χ1n) is 11.5. The summed E-state index contributed by atoms with van der Waals surface area (Å²) in [6.07, 6.45) is 5.70. The summed E-state index contributed by atoms with van der Waals surface area (Å²) in [5, 5.41) is 16.0. The summed E-state index contributed by atoms with van der Waals surface area (Å²) < 4.78 is 2.15. The third-order valence-corrected chi connectivity index (χ3v) is 6.78. The van der Waals surface area contributed by atoms with E-state index in [1.165, 1.54) is 40.0 Å². The first kappa shape index (κ1) is 20.5. The topological polar surface area (TPSA) is 82.9 Å². The Kier molecular flexibility index (Phi) is 4.65. The number of aromatic hydroxyl groups is 1. The SMILES string of the molecule is Cc1cccc(C)c1-n1nc2c(c1-c1ccc(C)c3[nH]ccc13)CN(c1ncc(O)cn1)CC2. The summed E-state index contributed by atoms with van der Waals surface area (Å²) in [6, 6.07) is 12.9. The van der Waals surface area contributed by atoms with Gasteiger partial charge in [-0.25, -0.2) is 14.6 Å². The molecule has 7 nitrogen and oxygen atoms in total. The number of rotatable bonds is 3. The van der Waals surface area contributed by atoms with Crippen molar-refractivity contribution in [2.24, 2.45) is 0 Å². The van der Waals surface area contributed by atoms with Gasteiger partial charge in [-0.1, -0.05) is 30.3 Å². The number of fused-ring (bicyclic) bond motifs is 2. The maximum atomic E-state index is 9.63. The van der Waals surface area contributed by atoms with E-state index < -0.39 is 0 Å². The first-order valence-corrected chi connectivity index (χ1v) is 11.5. The molecule has 2 N–H and O–H groups in total. The van der Waals surface area contributed by atoms with Gasteiger partial charge >= 0.3 is 0 Å². The smallest absolute Gasteiger partial charge is 0.225 e. The summed E-state index contributed by atoms with van der Waals surface area (Å²) in [6.45, 7) is 7.84. The van der Waals surface area contributed by atoms with Crippen LogP contribution < -0.4 is 4.90 Å². The van der Waals surface area contributed by atoms with E-state index in [-0.39, 0.29) is 5.75 Å². The van der Waals surface area contributed by atoms with Gasteiger partial charge in [0.15, 0.2) is 5.75 Å². The normalized spacial score (nSPS) is 13.4. The van der Waals surface area contributed by atoms with Crippen LogP contribution >= 0.6 is 0 Å². The highest BCUT2D eigenvalue weighted by atomic mass is 16.3. The van der Waals surface area contributed by atoms with Gasteiger partial charge < -0.3 is 15.0 Å². The average molecular weight is 451 g/mol. The molecule has 0 spiro atoms. The molecule has 0 unspecified atom stereocenters. The number of anilines is 1. The summed E-state index contributed by atoms with van der Waals surface area (Å²) in [7, 11) is 0. The fraction of sp³-hybridized carbons (Fsp3) is 0.222. The van der Waals surface area contributed by atoms with E-state index in [0.29, 0.717) is 12.5 Å². The molecule has 6 rings (SSSR count). The average Bonchev–Trinajstić information content (AvgIpc) is 3.46. The van der Waals surface area contributed by atoms with Crippen molar-refractivity contribution in [3.05, 3.63) is 82.9 Å². The van der Waals surface area contributed by atoms with Gasteiger partial charge in [-0.2, -0.15) is 5.10 Å². The summed E-state index contributed by atoms with van der Waals surface area (Å²) in [5.41, 5.74) is 10.4. The van der Waals surface area contributed by atoms with Crippen LogP contribution in [-0.2, 0) is 13.0 Å². The van der Waals surface area contributed by atoms with Crippen LogP contribution in [0.1, 0.15) is 27.9 Å². The highest BCUT2D eigenvalue weighted by molar-refractivity contribution is 5.97. The Labute approximate surface area is 197 Å². The highest BCUT2D eigenvalue weighted by Crippen LogP contribution is 2.38. The molecule has 0 radical (unpaired) electrons. The molecule has 2 aromatic carbocycles. The van der Waals surface area contributed by atoms with Crippen LogP contribution in [0, 0.1) is 20.8 Å². The van der Waals surface area contributed by atoms with Crippen LogP contribution in [-0.4, -0.2) is 36.4 Å². The largest absolute Gasteiger partial charge is 0.505 e. The lowest BCUT2D eigenvalue weighted by Crippen LogP contribution is -2.31. The Morgan fingerprint density at radius 3 is 2.47 bits per heavy atom. The van der Waals surface area contributed by atoms with E-state index in [4.69, 9.17) is 5.10 Å². The molecule has 0 saturated carbocycles. The van der Waals surface area contributed by atoms with E-state index in [2.05, 4.69) is 81.7 Å². The number of aromatic nitrogens is 5. The lowest BCUT2D eigenvalue weighted by molar-refractivity contribution is 0.469. The summed E-state index contributed by atoms with van der Waals surface area (Å²) in [4.78, 5) is 14.3. The van der Waals surface area contributed by atoms with Gasteiger partial charge in [-0.05, 0) is 43.5 Å². The number of H-pyrrole nitrogens is 1. The van der Waals surface area contributed by atoms with Crippen molar-refractivity contribution in [2.75, 3.05) is 11.4 Å². The van der Waals surface area contributed by atoms with Crippen LogP contribution in [0.3, 0.4) is 0 Å². The van der Waals surface area contributed by atoms with Gasteiger partial charge in [-0.3, -0.25) is 0 Å². The molecule has 0 saturated heterocycles. The Bertz CT molecular complexity index is 1510. The Morgan fingerprint density at radius 1 is 0.941 bits per heavy atom. The van der Waals surface area contributed by atoms with Crippen molar-refractivity contribution in [3.63, 3.8) is 0 Å². The van der Waals surface area contributed by atoms with Crippen LogP contribution in [0.4, 0.5) is 5.95 Å². The molecule has 0 atom stereocenters. The zero-order valence-corrected chi connectivity index (χ0v) is 19.5. The van der Waals surface area contributed by atoms with Crippen LogP contribution in [0.25, 0.3) is 27.8 Å². The summed E-state index contributed by atoms with van der Waals surface area (Å²) >= 11 is 0. The molecular weight excluding hydrogens is 424 g/mol. The molecular formula is C27H26N6O. The molecule has 3 aromatic heterocycles. The second-order valence-corrected chi connectivity index (χ2v) is 9.04. The monoisotopic (exact) mass is 450 g/mol. The molecule has 34 heavy (non-hydrogen) atoms. The molecule has 0 bridgehead atoms. The van der Waals surface area contributed by atoms with Gasteiger partial charge in [-0.15, -0.1) is 0 Å². The minimum Gasteiger partial charge on any atom is -0.505 e. The predicted octanol–water partition coefficient (Wildman–Crippen LogP) is 5.00. The second kappa shape index (κ2) is 7.73. The molecule has 1 aliphatic heterocycles. The van der Waals surface area contributed by atoms with E-state index in [0.717, 1.165) is 41.1 Å². The number of benzene rings is 2. The standard InChI is InChI=1S/C27H26N6O/c1-16-7-8-21(20-9-11-28-24(16)20)26-22-15-32(27-29-13-19(34)14-30-27)12-10-23(22)31-33(26)25-17(2)5-4-6-18(25)3/h4-9,11,13-14,28,34H,10,12,15H2,1-3H3. The van der Waals surface area contributed by atoms with E-state index in [1.54, 1.807) is 0 Å². The maximum Gasteiger partial charge on any atom is 0.225 e. The van der Waals surface area contributed by atoms with Crippen molar-refractivity contribution in [3.8, 4) is 22.7 Å². The molecule has 170 valence electrons. The Morgan fingerprint density at radius 2 is 1.71 bits per heavy atom. The number of para-hydroxylation sites is 1. The zero-order chi connectivity index (χ0) is 23.4. The first-order chi connectivity index (χ1) is 16.5. The zero-order valence-electron chi connectivity index (χ0n) is 19.5. The Hall–Kier alpha value is -4.13. The molecule has 1 aliphatic rings. The van der Waals surface area contributed by atoms with Gasteiger partial charge in [0.2, 0.25) is 5.95 Å². The van der Waals surface area contributed by atoms with E-state index in [9.17, 15) is 5.11 Å². The predicted molar refractivity (Wildman–Crippen MR) is 134 cm³/mol. The number of aryl methyl sites for hydroxylation is 3. The van der Waals surface area contributed by atoms with Crippen molar-refractivity contribution in [2.45, 2.75) is 33.7 Å². The number of aromatic amines is 1. The van der Waals surface area contributed by atoms with Crippen molar-refractivity contribution in [1.29, 1.82) is 0 Å². The molecule has 5 aromatic rings. The lowest BCUT2D eigenvalue weighted by atomic mass is 9.97. The number of hydrogen-bond donors (Lipinski definition) is 2. The highest BCUT2D eigenvalue weighted by Gasteiger charge is 2.29. The third kappa shape index (κ3) is 3.15. The fourth-order valence-electron chi connectivity index (χ4n) is 5.11. The molecule has 7 heteroatoms. The van der Waals surface area contributed by atoms with Crippen LogP contribution in [0.15, 0.2) is 55.0 Å². The minimum atomic E-state index is 0.0690. The van der Waals surface area contributed by atoms with Gasteiger partial charge in [0.05, 0.1) is 29.5 Å². The summed E-state index contributed by atoms with van der Waals surface area (Å²) in [5.74, 6) is 0.685. The van der Waals surface area contributed by atoms with Gasteiger partial charge in [0.1, 0.15) is 0 Å². The number of hydrogen-bond acceptors (Lipinski definition) is 5. The third-order valence-electron chi connectivity index (χ3n) is 6.78. The van der Waals surface area contributed by atoms with Gasteiger partial charge in [0.25, 0.3) is 0 Å². The van der Waals surface area contributed by atoms with E-state index in [1.807, 2.05) is 6.20 Å². The second-order valence-electron chi connectivity index (χ2n) is 9.04. The molecule has 0 fully saturated rings. The Balaban J connectivity index is 1.60. The maximum absolute atomic E-state index is 9.63. The van der Waals surface area contributed by atoms with Crippen molar-refractivity contribution >= 4 is 16.9 Å². The van der Waals surface area contributed by atoms with Crippen LogP contribution in [0.2, 0.25) is 0 Å². The minimum absolute atomic E-state index is 0.0690. The lowest BCUT2D eigenvalue weighted by Gasteiger charge is -2.27. The molecule has 0 amide bonds. The van der Waals surface area contributed by atoms with Crippen molar-refractivity contribution < 1.29 is 5.11 Å². The van der Waals surface area contributed by atoms with Crippen LogP contribution in [0.5, 0.6) is 5.75 Å². The molecule has 4 heterocycles. The fourth-order valence-corrected chi connectivity index (χ4v) is 5.11. The number of nitrogens with zero attached hydrogens (tertiary/aromatic N) is 5. The van der Waals surface area contributed by atoms with E-state index >= 15 is 0 Å². The molecule has 0 aliphatic carbocycles. The number of nitrogens with one attached hydrogen (secondary N) is 1.